The van der Waals surface area contributed by atoms with Gasteiger partial charge in [0, 0.05) is 6.42 Å². The van der Waals surface area contributed by atoms with Gasteiger partial charge in [0.2, 0.25) is 5.91 Å². The lowest BCUT2D eigenvalue weighted by Gasteiger charge is -2.37. The first kappa shape index (κ1) is 16.8. The van der Waals surface area contributed by atoms with Crippen molar-refractivity contribution in [3.63, 3.8) is 0 Å². The molecule has 1 aliphatic rings. The summed E-state index contributed by atoms with van der Waals surface area (Å²) in [6.45, 7) is 2.20. The van der Waals surface area contributed by atoms with Crippen LogP contribution in [0.5, 0.6) is 5.75 Å². The second-order valence-electron chi connectivity index (χ2n) is 5.78. The first-order chi connectivity index (χ1) is 10.4. The maximum Gasteiger partial charge on any atom is 0.310 e. The maximum atomic E-state index is 11.9. The normalized spacial score (nSPS) is 17.2. The Kier molecular flexibility index (Phi) is 5.45. The van der Waals surface area contributed by atoms with Crippen molar-refractivity contribution in [2.24, 2.45) is 5.41 Å². The van der Waals surface area contributed by atoms with Gasteiger partial charge in [-0.05, 0) is 47.8 Å². The fourth-order valence-electron chi connectivity index (χ4n) is 2.50. The maximum absolute atomic E-state index is 11.9. The molecule has 22 heavy (non-hydrogen) atoms. The van der Waals surface area contributed by atoms with E-state index < -0.39 is 11.4 Å². The molecule has 1 aromatic carbocycles. The Balaban J connectivity index is 1.79. The first-order valence-corrected chi connectivity index (χ1v) is 8.13. The number of amides is 1. The average Bonchev–Trinajstić information content (AvgIpc) is 2.43. The molecule has 0 bridgehead atoms. The molecule has 1 amide bonds. The fraction of sp³-hybridized carbons (Fsp3) is 0.500. The third-order valence-electron chi connectivity index (χ3n) is 4.01. The van der Waals surface area contributed by atoms with Crippen molar-refractivity contribution in [1.82, 2.24) is 5.32 Å². The largest absolute Gasteiger partial charge is 0.488 e. The SMILES string of the molecule is CC(CNC(=O)CC1(C(=O)O)CCC1)Oc1ccccc1Br. The number of aliphatic carboxylic acids is 1. The van der Waals surface area contributed by atoms with Crippen molar-refractivity contribution in [3.8, 4) is 5.75 Å². The van der Waals surface area contributed by atoms with Gasteiger partial charge in [0.25, 0.3) is 0 Å². The number of hydrogen-bond donors (Lipinski definition) is 2. The van der Waals surface area contributed by atoms with E-state index in [1.807, 2.05) is 31.2 Å². The molecule has 1 fully saturated rings. The molecular formula is C16H20BrNO4. The van der Waals surface area contributed by atoms with E-state index in [4.69, 9.17) is 4.74 Å². The zero-order valence-corrected chi connectivity index (χ0v) is 14.1. The number of ether oxygens (including phenoxy) is 1. The van der Waals surface area contributed by atoms with Crippen LogP contribution in [0.2, 0.25) is 0 Å². The van der Waals surface area contributed by atoms with Crippen LogP contribution in [0.4, 0.5) is 0 Å². The minimum atomic E-state index is -0.869. The first-order valence-electron chi connectivity index (χ1n) is 7.34. The molecule has 6 heteroatoms. The van der Waals surface area contributed by atoms with Gasteiger partial charge in [-0.1, -0.05) is 18.6 Å². The second kappa shape index (κ2) is 7.13. The second-order valence-corrected chi connectivity index (χ2v) is 6.63. The van der Waals surface area contributed by atoms with Crippen LogP contribution in [0.3, 0.4) is 0 Å². The minimum Gasteiger partial charge on any atom is -0.488 e. The quantitative estimate of drug-likeness (QED) is 0.774. The number of benzene rings is 1. The topological polar surface area (TPSA) is 75.6 Å². The van der Waals surface area contributed by atoms with Crippen LogP contribution in [0.15, 0.2) is 28.7 Å². The summed E-state index contributed by atoms with van der Waals surface area (Å²) < 4.78 is 6.59. The average molecular weight is 370 g/mol. The molecule has 0 aromatic heterocycles. The molecule has 0 aliphatic heterocycles. The summed E-state index contributed by atoms with van der Waals surface area (Å²) in [5, 5.41) is 12.0. The number of carbonyl (C=O) groups is 2. The number of carboxylic acid groups (broad SMARTS) is 1. The number of para-hydroxylation sites is 1. The highest BCUT2D eigenvalue weighted by Crippen LogP contribution is 2.44. The standard InChI is InChI=1S/C16H20BrNO4/c1-11(22-13-6-3-2-5-12(13)17)10-18-14(19)9-16(15(20)21)7-4-8-16/h2-3,5-6,11H,4,7-10H2,1H3,(H,18,19)(H,20,21). The van der Waals surface area contributed by atoms with E-state index in [1.54, 1.807) is 0 Å². The Morgan fingerprint density at radius 3 is 2.64 bits per heavy atom. The molecule has 1 unspecified atom stereocenters. The Bertz CT molecular complexity index is 557. The van der Waals surface area contributed by atoms with Crippen LogP contribution < -0.4 is 10.1 Å². The van der Waals surface area contributed by atoms with Gasteiger partial charge in [-0.2, -0.15) is 0 Å². The zero-order valence-electron chi connectivity index (χ0n) is 12.5. The number of carboxylic acids is 1. The number of rotatable bonds is 7. The molecule has 1 aromatic rings. The van der Waals surface area contributed by atoms with E-state index in [1.165, 1.54) is 0 Å². The van der Waals surface area contributed by atoms with Gasteiger partial charge >= 0.3 is 5.97 Å². The van der Waals surface area contributed by atoms with Gasteiger partial charge in [0.15, 0.2) is 0 Å². The van der Waals surface area contributed by atoms with Gasteiger partial charge in [0.05, 0.1) is 16.4 Å². The Morgan fingerprint density at radius 1 is 1.41 bits per heavy atom. The van der Waals surface area contributed by atoms with Crippen molar-refractivity contribution < 1.29 is 19.4 Å². The molecule has 0 heterocycles. The van der Waals surface area contributed by atoms with Gasteiger partial charge in [-0.15, -0.1) is 0 Å². The van der Waals surface area contributed by atoms with Crippen LogP contribution in [-0.4, -0.2) is 29.6 Å². The van der Waals surface area contributed by atoms with Gasteiger partial charge in [-0.3, -0.25) is 9.59 Å². The van der Waals surface area contributed by atoms with E-state index in [-0.39, 0.29) is 18.4 Å². The Labute approximate surface area is 138 Å². The molecule has 0 saturated heterocycles. The van der Waals surface area contributed by atoms with Crippen molar-refractivity contribution in [3.05, 3.63) is 28.7 Å². The predicted octanol–water partition coefficient (Wildman–Crippen LogP) is 2.98. The lowest BCUT2D eigenvalue weighted by molar-refractivity contribution is -0.157. The van der Waals surface area contributed by atoms with Gasteiger partial charge in [-0.25, -0.2) is 0 Å². The summed E-state index contributed by atoms with van der Waals surface area (Å²) in [5.41, 5.74) is -0.851. The molecule has 2 rings (SSSR count). The molecule has 120 valence electrons. The monoisotopic (exact) mass is 369 g/mol. The summed E-state index contributed by atoms with van der Waals surface area (Å²) in [6, 6.07) is 7.50. The number of nitrogens with one attached hydrogen (secondary N) is 1. The van der Waals surface area contributed by atoms with Crippen molar-refractivity contribution in [2.45, 2.75) is 38.7 Å². The molecule has 1 saturated carbocycles. The fourth-order valence-corrected chi connectivity index (χ4v) is 2.87. The van der Waals surface area contributed by atoms with Crippen molar-refractivity contribution in [2.75, 3.05) is 6.54 Å². The highest BCUT2D eigenvalue weighted by Gasteiger charge is 2.45. The predicted molar refractivity (Wildman–Crippen MR) is 85.8 cm³/mol. The number of halogens is 1. The summed E-state index contributed by atoms with van der Waals surface area (Å²) in [7, 11) is 0. The lowest BCUT2D eigenvalue weighted by Crippen LogP contribution is -2.44. The molecule has 1 atom stereocenters. The molecule has 0 spiro atoms. The van der Waals surface area contributed by atoms with Crippen LogP contribution in [0.1, 0.15) is 32.6 Å². The number of hydrogen-bond acceptors (Lipinski definition) is 3. The van der Waals surface area contributed by atoms with Crippen LogP contribution in [0.25, 0.3) is 0 Å². The Hall–Kier alpha value is -1.56. The van der Waals surface area contributed by atoms with E-state index in [0.29, 0.717) is 25.1 Å². The van der Waals surface area contributed by atoms with Crippen LogP contribution in [0, 0.1) is 5.41 Å². The zero-order chi connectivity index (χ0) is 16.2. The number of carbonyl (C=O) groups excluding carboxylic acids is 1. The van der Waals surface area contributed by atoms with Crippen molar-refractivity contribution in [1.29, 1.82) is 0 Å². The Morgan fingerprint density at radius 2 is 2.09 bits per heavy atom. The summed E-state index contributed by atoms with van der Waals surface area (Å²) in [4.78, 5) is 23.2. The molecular weight excluding hydrogens is 350 g/mol. The highest BCUT2D eigenvalue weighted by molar-refractivity contribution is 9.10. The van der Waals surface area contributed by atoms with E-state index in [9.17, 15) is 14.7 Å². The third kappa shape index (κ3) is 4.00. The summed E-state index contributed by atoms with van der Waals surface area (Å²) >= 11 is 3.40. The highest BCUT2D eigenvalue weighted by atomic mass is 79.9. The van der Waals surface area contributed by atoms with Gasteiger partial charge < -0.3 is 15.2 Å². The molecule has 5 nitrogen and oxygen atoms in total. The smallest absolute Gasteiger partial charge is 0.310 e. The van der Waals surface area contributed by atoms with Crippen LogP contribution in [-0.2, 0) is 9.59 Å². The third-order valence-corrected chi connectivity index (χ3v) is 4.67. The molecule has 0 radical (unpaired) electrons. The molecule has 2 N–H and O–H groups in total. The lowest BCUT2D eigenvalue weighted by atomic mass is 9.66. The van der Waals surface area contributed by atoms with Crippen LogP contribution >= 0.6 is 15.9 Å². The molecule has 1 aliphatic carbocycles. The van der Waals surface area contributed by atoms with Gasteiger partial charge in [0.1, 0.15) is 11.9 Å². The minimum absolute atomic E-state index is 0.0457. The van der Waals surface area contributed by atoms with E-state index in [2.05, 4.69) is 21.2 Å². The van der Waals surface area contributed by atoms with E-state index in [0.717, 1.165) is 10.9 Å². The van der Waals surface area contributed by atoms with E-state index >= 15 is 0 Å². The summed E-state index contributed by atoms with van der Waals surface area (Å²) in [5.74, 6) is -0.388. The summed E-state index contributed by atoms with van der Waals surface area (Å²) in [6.07, 6.45) is 1.88. The van der Waals surface area contributed by atoms with Crippen molar-refractivity contribution >= 4 is 27.8 Å².